The summed E-state index contributed by atoms with van der Waals surface area (Å²) < 4.78 is 80.2. The molecule has 0 heterocycles. The van der Waals surface area contributed by atoms with Gasteiger partial charge in [0.15, 0.2) is 0 Å². The first-order valence-corrected chi connectivity index (χ1v) is 4.65. The van der Waals surface area contributed by atoms with Crippen molar-refractivity contribution in [2.45, 2.75) is 12.4 Å². The standard InChI is InChI=1S/C10H7F6NO2/c1-19-7-4(8(17)18)2-3-5(9(11,12)13)6(7)10(14,15)16/h2-3H,1H3,(H2,17,18). The molecular formula is C10H7F6NO2. The lowest BCUT2D eigenvalue weighted by atomic mass is 10.0. The molecule has 0 aliphatic carbocycles. The van der Waals surface area contributed by atoms with Crippen LogP contribution in [-0.4, -0.2) is 13.0 Å². The van der Waals surface area contributed by atoms with E-state index in [1.807, 2.05) is 0 Å². The number of amides is 1. The van der Waals surface area contributed by atoms with Crippen LogP contribution in [0.25, 0.3) is 0 Å². The zero-order valence-electron chi connectivity index (χ0n) is 9.32. The zero-order chi connectivity index (χ0) is 15.0. The Hall–Kier alpha value is -1.93. The molecule has 0 bridgehead atoms. The Morgan fingerprint density at radius 1 is 1.11 bits per heavy atom. The van der Waals surface area contributed by atoms with E-state index in [0.717, 1.165) is 7.11 Å². The summed E-state index contributed by atoms with van der Waals surface area (Å²) in [7, 11) is 0.719. The fraction of sp³-hybridized carbons (Fsp3) is 0.300. The van der Waals surface area contributed by atoms with E-state index >= 15 is 0 Å². The number of hydrogen-bond acceptors (Lipinski definition) is 2. The third kappa shape index (κ3) is 2.91. The molecule has 0 unspecified atom stereocenters. The van der Waals surface area contributed by atoms with Gasteiger partial charge in [-0.1, -0.05) is 0 Å². The van der Waals surface area contributed by atoms with E-state index in [4.69, 9.17) is 5.73 Å². The van der Waals surface area contributed by atoms with E-state index in [0.29, 0.717) is 6.07 Å². The molecule has 1 rings (SSSR count). The predicted molar refractivity (Wildman–Crippen MR) is 51.5 cm³/mol. The topological polar surface area (TPSA) is 52.3 Å². The quantitative estimate of drug-likeness (QED) is 0.850. The Kier molecular flexibility index (Phi) is 3.69. The first kappa shape index (κ1) is 15.1. The summed E-state index contributed by atoms with van der Waals surface area (Å²) in [6, 6.07) is 0.685. The van der Waals surface area contributed by atoms with E-state index in [-0.39, 0.29) is 6.07 Å². The lowest BCUT2D eigenvalue weighted by Gasteiger charge is -2.19. The number of nitrogens with two attached hydrogens (primary N) is 1. The summed E-state index contributed by atoms with van der Waals surface area (Å²) in [5.41, 5.74) is 0.00546. The first-order chi connectivity index (χ1) is 8.50. The molecule has 1 aromatic rings. The van der Waals surface area contributed by atoms with Crippen molar-refractivity contribution in [1.29, 1.82) is 0 Å². The Morgan fingerprint density at radius 3 is 1.95 bits per heavy atom. The number of carbonyl (C=O) groups is 1. The number of primary amides is 1. The molecule has 106 valence electrons. The van der Waals surface area contributed by atoms with Crippen LogP contribution in [0.15, 0.2) is 12.1 Å². The molecule has 9 heteroatoms. The fourth-order valence-electron chi connectivity index (χ4n) is 1.51. The van der Waals surface area contributed by atoms with Crippen LogP contribution >= 0.6 is 0 Å². The molecule has 0 aliphatic rings. The van der Waals surface area contributed by atoms with Gasteiger partial charge in [-0.15, -0.1) is 0 Å². The van der Waals surface area contributed by atoms with Gasteiger partial charge in [-0.2, -0.15) is 26.3 Å². The van der Waals surface area contributed by atoms with Crippen molar-refractivity contribution >= 4 is 5.91 Å². The summed E-state index contributed by atoms with van der Waals surface area (Å²) in [6.45, 7) is 0. The SMILES string of the molecule is COc1c(C(N)=O)ccc(C(F)(F)F)c1C(F)(F)F. The van der Waals surface area contributed by atoms with Crippen LogP contribution in [0.4, 0.5) is 26.3 Å². The molecule has 0 aliphatic heterocycles. The third-order valence-electron chi connectivity index (χ3n) is 2.22. The molecule has 19 heavy (non-hydrogen) atoms. The van der Waals surface area contributed by atoms with Crippen molar-refractivity contribution in [2.75, 3.05) is 7.11 Å². The number of alkyl halides is 6. The molecule has 0 aromatic heterocycles. The van der Waals surface area contributed by atoms with E-state index in [9.17, 15) is 31.1 Å². The summed E-state index contributed by atoms with van der Waals surface area (Å²) in [5, 5.41) is 0. The van der Waals surface area contributed by atoms with Crippen molar-refractivity contribution in [1.82, 2.24) is 0 Å². The molecule has 0 fully saturated rings. The Balaban J connectivity index is 3.76. The molecule has 0 atom stereocenters. The Bertz CT molecular complexity index is 506. The van der Waals surface area contributed by atoms with E-state index in [1.54, 1.807) is 0 Å². The van der Waals surface area contributed by atoms with Crippen molar-refractivity contribution in [3.63, 3.8) is 0 Å². The van der Waals surface area contributed by atoms with Gasteiger partial charge in [0.1, 0.15) is 11.3 Å². The minimum absolute atomic E-state index is 0.144. The monoisotopic (exact) mass is 287 g/mol. The second-order valence-corrected chi connectivity index (χ2v) is 3.43. The van der Waals surface area contributed by atoms with E-state index in [1.165, 1.54) is 0 Å². The van der Waals surface area contributed by atoms with Crippen molar-refractivity contribution < 1.29 is 35.9 Å². The molecule has 2 N–H and O–H groups in total. The number of benzene rings is 1. The average molecular weight is 287 g/mol. The summed E-state index contributed by atoms with van der Waals surface area (Å²) >= 11 is 0. The number of ether oxygens (including phenoxy) is 1. The number of halogens is 6. The number of carbonyl (C=O) groups excluding carboxylic acids is 1. The van der Waals surface area contributed by atoms with Crippen LogP contribution in [0, 0.1) is 0 Å². The van der Waals surface area contributed by atoms with Gasteiger partial charge in [-0.3, -0.25) is 4.79 Å². The lowest BCUT2D eigenvalue weighted by molar-refractivity contribution is -0.163. The molecule has 0 saturated carbocycles. The van der Waals surface area contributed by atoms with E-state index in [2.05, 4.69) is 4.74 Å². The van der Waals surface area contributed by atoms with Crippen molar-refractivity contribution in [2.24, 2.45) is 5.73 Å². The predicted octanol–water partition coefficient (Wildman–Crippen LogP) is 2.83. The van der Waals surface area contributed by atoms with Crippen molar-refractivity contribution in [3.05, 3.63) is 28.8 Å². The largest absolute Gasteiger partial charge is 0.495 e. The van der Waals surface area contributed by atoms with Crippen LogP contribution in [-0.2, 0) is 12.4 Å². The van der Waals surface area contributed by atoms with Crippen LogP contribution in [0.2, 0.25) is 0 Å². The molecule has 1 amide bonds. The van der Waals surface area contributed by atoms with Gasteiger partial charge in [-0.05, 0) is 12.1 Å². The maximum absolute atomic E-state index is 12.7. The normalized spacial score (nSPS) is 12.4. The maximum Gasteiger partial charge on any atom is 0.420 e. The third-order valence-corrected chi connectivity index (χ3v) is 2.22. The summed E-state index contributed by atoms with van der Waals surface area (Å²) in [5.74, 6) is -2.56. The maximum atomic E-state index is 12.7. The van der Waals surface area contributed by atoms with Gasteiger partial charge in [-0.25, -0.2) is 0 Å². The number of hydrogen-bond donors (Lipinski definition) is 1. The van der Waals surface area contributed by atoms with Gasteiger partial charge in [0.2, 0.25) is 0 Å². The second-order valence-electron chi connectivity index (χ2n) is 3.43. The second kappa shape index (κ2) is 4.63. The zero-order valence-corrected chi connectivity index (χ0v) is 9.32. The van der Waals surface area contributed by atoms with Gasteiger partial charge in [0, 0.05) is 0 Å². The van der Waals surface area contributed by atoms with Gasteiger partial charge >= 0.3 is 12.4 Å². The van der Waals surface area contributed by atoms with Crippen LogP contribution < -0.4 is 10.5 Å². The molecule has 1 aromatic carbocycles. The molecule has 0 saturated heterocycles. The minimum Gasteiger partial charge on any atom is -0.495 e. The Labute approximate surface area is 102 Å². The highest BCUT2D eigenvalue weighted by Crippen LogP contribution is 2.46. The van der Waals surface area contributed by atoms with Crippen LogP contribution in [0.1, 0.15) is 21.5 Å². The highest BCUT2D eigenvalue weighted by Gasteiger charge is 2.46. The van der Waals surface area contributed by atoms with Crippen LogP contribution in [0.5, 0.6) is 5.75 Å². The van der Waals surface area contributed by atoms with Gasteiger partial charge in [0.25, 0.3) is 5.91 Å². The summed E-state index contributed by atoms with van der Waals surface area (Å²) in [6.07, 6.45) is -10.6. The highest BCUT2D eigenvalue weighted by molar-refractivity contribution is 5.96. The fourth-order valence-corrected chi connectivity index (χ4v) is 1.51. The molecule has 0 radical (unpaired) electrons. The lowest BCUT2D eigenvalue weighted by Crippen LogP contribution is -2.21. The van der Waals surface area contributed by atoms with Crippen LogP contribution in [0.3, 0.4) is 0 Å². The first-order valence-electron chi connectivity index (χ1n) is 4.65. The van der Waals surface area contributed by atoms with Crippen molar-refractivity contribution in [3.8, 4) is 5.75 Å². The highest BCUT2D eigenvalue weighted by atomic mass is 19.4. The van der Waals surface area contributed by atoms with Gasteiger partial charge < -0.3 is 10.5 Å². The number of rotatable bonds is 2. The molecular weight excluding hydrogens is 280 g/mol. The Morgan fingerprint density at radius 2 is 1.63 bits per heavy atom. The molecule has 0 spiro atoms. The summed E-state index contributed by atoms with van der Waals surface area (Å²) in [4.78, 5) is 10.9. The van der Waals surface area contributed by atoms with E-state index < -0.39 is 40.7 Å². The average Bonchev–Trinajstić information content (AvgIpc) is 2.24. The minimum atomic E-state index is -5.35. The molecule has 3 nitrogen and oxygen atoms in total. The number of methoxy groups -OCH3 is 1. The van der Waals surface area contributed by atoms with Gasteiger partial charge in [0.05, 0.1) is 18.2 Å². The smallest absolute Gasteiger partial charge is 0.420 e.